The molecule has 6 heteroatoms. The molecule has 0 spiro atoms. The largest absolute Gasteiger partial charge is 0.324 e. The number of aromatic nitrogens is 3. The van der Waals surface area contributed by atoms with E-state index < -0.39 is 0 Å². The average Bonchev–Trinajstić information content (AvgIpc) is 3.32. The lowest BCUT2D eigenvalue weighted by molar-refractivity contribution is 0.222. The van der Waals surface area contributed by atoms with Gasteiger partial charge in [0.15, 0.2) is 5.65 Å². The van der Waals surface area contributed by atoms with Crippen LogP contribution in [0.25, 0.3) is 11.2 Å². The summed E-state index contributed by atoms with van der Waals surface area (Å²) in [5.41, 5.74) is 3.91. The van der Waals surface area contributed by atoms with Crippen molar-refractivity contribution in [1.82, 2.24) is 19.4 Å². The van der Waals surface area contributed by atoms with Crippen LogP contribution in [0.1, 0.15) is 37.6 Å². The van der Waals surface area contributed by atoms with E-state index in [1.165, 1.54) is 0 Å². The number of hydrogen-bond donors (Lipinski definition) is 1. The number of anilines is 1. The first-order valence-corrected chi connectivity index (χ1v) is 9.66. The van der Waals surface area contributed by atoms with Crippen molar-refractivity contribution in [3.05, 3.63) is 54.0 Å². The van der Waals surface area contributed by atoms with Gasteiger partial charge in [-0.15, -0.1) is 0 Å². The van der Waals surface area contributed by atoms with Crippen LogP contribution in [0, 0.1) is 0 Å². The quantitative estimate of drug-likeness (QED) is 0.761. The topological polar surface area (TPSA) is 63.1 Å². The summed E-state index contributed by atoms with van der Waals surface area (Å²) in [6, 6.07) is 11.9. The molecule has 27 heavy (non-hydrogen) atoms. The Morgan fingerprint density at radius 1 is 1.22 bits per heavy atom. The number of likely N-dealkylation sites (tertiary alicyclic amines) is 1. The van der Waals surface area contributed by atoms with E-state index in [9.17, 15) is 4.79 Å². The fourth-order valence-electron chi connectivity index (χ4n) is 3.90. The van der Waals surface area contributed by atoms with Gasteiger partial charge in [0, 0.05) is 37.4 Å². The van der Waals surface area contributed by atoms with Crippen LogP contribution >= 0.6 is 0 Å². The highest BCUT2D eigenvalue weighted by Crippen LogP contribution is 2.29. The normalized spacial score (nSPS) is 16.8. The van der Waals surface area contributed by atoms with Gasteiger partial charge in [0.05, 0.1) is 0 Å². The van der Waals surface area contributed by atoms with Gasteiger partial charge in [-0.3, -0.25) is 0 Å². The van der Waals surface area contributed by atoms with Crippen molar-refractivity contribution in [2.45, 2.75) is 39.2 Å². The first kappa shape index (κ1) is 17.5. The number of para-hydroxylation sites is 1. The monoisotopic (exact) mass is 363 g/mol. The minimum Gasteiger partial charge on any atom is -0.324 e. The third-order valence-electron chi connectivity index (χ3n) is 5.33. The summed E-state index contributed by atoms with van der Waals surface area (Å²) in [6.07, 6.45) is 3.62. The molecule has 1 aliphatic rings. The summed E-state index contributed by atoms with van der Waals surface area (Å²) in [4.78, 5) is 23.9. The van der Waals surface area contributed by atoms with Crippen LogP contribution in [-0.2, 0) is 13.0 Å². The van der Waals surface area contributed by atoms with Crippen LogP contribution in [0.15, 0.2) is 42.6 Å². The number of fused-ring (bicyclic) bond motifs is 1. The Morgan fingerprint density at radius 2 is 2.07 bits per heavy atom. The molecule has 140 valence electrons. The maximum atomic E-state index is 12.8. The molecular formula is C21H25N5O. The summed E-state index contributed by atoms with van der Waals surface area (Å²) < 4.78 is 2.17. The molecule has 1 atom stereocenters. The molecule has 1 aromatic carbocycles. The first-order chi connectivity index (χ1) is 13.2. The number of rotatable bonds is 4. The van der Waals surface area contributed by atoms with Crippen LogP contribution in [0.4, 0.5) is 10.5 Å². The van der Waals surface area contributed by atoms with Crippen molar-refractivity contribution < 1.29 is 4.79 Å². The summed E-state index contributed by atoms with van der Waals surface area (Å²) in [6.45, 7) is 6.46. The number of nitrogens with zero attached hydrogens (tertiary/aromatic N) is 4. The Morgan fingerprint density at radius 3 is 2.89 bits per heavy atom. The second-order valence-corrected chi connectivity index (χ2v) is 6.93. The standard InChI is InChI=1S/C21H25N5O/c1-3-15-8-5-6-9-17(15)24-21(27)25-13-11-16(14-25)19-23-18-10-7-12-22-20(18)26(19)4-2/h5-10,12,16H,3-4,11,13-14H2,1-2H3,(H,24,27). The lowest BCUT2D eigenvalue weighted by Crippen LogP contribution is -2.33. The number of nitrogens with one attached hydrogen (secondary N) is 1. The Hall–Kier alpha value is -2.89. The highest BCUT2D eigenvalue weighted by atomic mass is 16.2. The van der Waals surface area contributed by atoms with E-state index in [0.29, 0.717) is 6.54 Å². The Balaban J connectivity index is 1.51. The molecule has 0 saturated carbocycles. The van der Waals surface area contributed by atoms with Gasteiger partial charge >= 0.3 is 6.03 Å². The minimum atomic E-state index is -0.0318. The minimum absolute atomic E-state index is 0.0318. The summed E-state index contributed by atoms with van der Waals surface area (Å²) in [7, 11) is 0. The molecule has 2 aromatic heterocycles. The number of pyridine rings is 1. The van der Waals surface area contributed by atoms with Gasteiger partial charge in [-0.05, 0) is 43.5 Å². The smallest absolute Gasteiger partial charge is 0.321 e. The molecule has 1 unspecified atom stereocenters. The molecule has 1 fully saturated rings. The number of carbonyl (C=O) groups excluding carboxylic acids is 1. The van der Waals surface area contributed by atoms with Crippen LogP contribution in [-0.4, -0.2) is 38.6 Å². The zero-order chi connectivity index (χ0) is 18.8. The lowest BCUT2D eigenvalue weighted by atomic mass is 10.1. The van der Waals surface area contributed by atoms with Gasteiger partial charge in [-0.2, -0.15) is 0 Å². The van der Waals surface area contributed by atoms with Crippen molar-refractivity contribution in [3.63, 3.8) is 0 Å². The third-order valence-corrected chi connectivity index (χ3v) is 5.33. The number of urea groups is 1. The SMILES string of the molecule is CCc1ccccc1NC(=O)N1CCC(c2nc3cccnc3n2CC)C1. The molecule has 1 N–H and O–H groups in total. The fourth-order valence-corrected chi connectivity index (χ4v) is 3.90. The molecule has 0 aliphatic carbocycles. The zero-order valence-electron chi connectivity index (χ0n) is 15.9. The highest BCUT2D eigenvalue weighted by molar-refractivity contribution is 5.90. The van der Waals surface area contributed by atoms with E-state index >= 15 is 0 Å². The number of carbonyl (C=O) groups is 1. The van der Waals surface area contributed by atoms with Gasteiger partial charge in [0.25, 0.3) is 0 Å². The van der Waals surface area contributed by atoms with Crippen molar-refractivity contribution in [2.24, 2.45) is 0 Å². The van der Waals surface area contributed by atoms with E-state index in [0.717, 1.165) is 54.2 Å². The van der Waals surface area contributed by atoms with E-state index in [4.69, 9.17) is 4.98 Å². The third kappa shape index (κ3) is 3.27. The first-order valence-electron chi connectivity index (χ1n) is 9.66. The molecule has 0 bridgehead atoms. The van der Waals surface area contributed by atoms with Crippen molar-refractivity contribution in [2.75, 3.05) is 18.4 Å². The van der Waals surface area contributed by atoms with Crippen molar-refractivity contribution >= 4 is 22.9 Å². The molecule has 6 nitrogen and oxygen atoms in total. The predicted octanol–water partition coefficient (Wildman–Crippen LogP) is 4.04. The number of amides is 2. The van der Waals surface area contributed by atoms with Gasteiger partial charge in [-0.1, -0.05) is 25.1 Å². The molecule has 1 aliphatic heterocycles. The van der Waals surface area contributed by atoms with E-state index in [-0.39, 0.29) is 11.9 Å². The van der Waals surface area contributed by atoms with Gasteiger partial charge in [0.2, 0.25) is 0 Å². The second-order valence-electron chi connectivity index (χ2n) is 6.93. The number of hydrogen-bond acceptors (Lipinski definition) is 3. The van der Waals surface area contributed by atoms with Crippen molar-refractivity contribution in [3.8, 4) is 0 Å². The molecule has 1 saturated heterocycles. The van der Waals surface area contributed by atoms with Gasteiger partial charge in [0.1, 0.15) is 11.3 Å². The maximum Gasteiger partial charge on any atom is 0.321 e. The van der Waals surface area contributed by atoms with Crippen LogP contribution in [0.3, 0.4) is 0 Å². The molecule has 3 heterocycles. The maximum absolute atomic E-state index is 12.8. The zero-order valence-corrected chi connectivity index (χ0v) is 15.9. The molecule has 3 aromatic rings. The summed E-state index contributed by atoms with van der Waals surface area (Å²) >= 11 is 0. The fraction of sp³-hybridized carbons (Fsp3) is 0.381. The highest BCUT2D eigenvalue weighted by Gasteiger charge is 2.31. The Labute approximate surface area is 159 Å². The molecule has 2 amide bonds. The number of imidazole rings is 1. The van der Waals surface area contributed by atoms with Gasteiger partial charge in [-0.25, -0.2) is 14.8 Å². The number of benzene rings is 1. The number of aryl methyl sites for hydroxylation is 2. The lowest BCUT2D eigenvalue weighted by Gasteiger charge is -2.19. The average molecular weight is 363 g/mol. The van der Waals surface area contributed by atoms with E-state index in [1.807, 2.05) is 35.2 Å². The second kappa shape index (κ2) is 7.39. The van der Waals surface area contributed by atoms with Crippen LogP contribution < -0.4 is 5.32 Å². The molecule has 0 radical (unpaired) electrons. The van der Waals surface area contributed by atoms with E-state index in [2.05, 4.69) is 34.8 Å². The van der Waals surface area contributed by atoms with E-state index in [1.54, 1.807) is 6.20 Å². The van der Waals surface area contributed by atoms with Crippen LogP contribution in [0.5, 0.6) is 0 Å². The summed E-state index contributed by atoms with van der Waals surface area (Å²) in [5.74, 6) is 1.28. The molecular weight excluding hydrogens is 338 g/mol. The Kier molecular flexibility index (Phi) is 4.79. The Bertz CT molecular complexity index is 964. The predicted molar refractivity (Wildman–Crippen MR) is 107 cm³/mol. The van der Waals surface area contributed by atoms with Crippen LogP contribution in [0.2, 0.25) is 0 Å². The summed E-state index contributed by atoms with van der Waals surface area (Å²) in [5, 5.41) is 3.08. The van der Waals surface area contributed by atoms with Crippen molar-refractivity contribution in [1.29, 1.82) is 0 Å². The van der Waals surface area contributed by atoms with Gasteiger partial charge < -0.3 is 14.8 Å². The molecule has 4 rings (SSSR count).